The van der Waals surface area contributed by atoms with Crippen molar-refractivity contribution in [3.8, 4) is 0 Å². The number of thiophene rings is 2. The Labute approximate surface area is 229 Å². The molecule has 0 fully saturated rings. The molecule has 0 aliphatic heterocycles. The summed E-state index contributed by atoms with van der Waals surface area (Å²) in [7, 11) is 0. The molecule has 0 unspecified atom stereocenters. The summed E-state index contributed by atoms with van der Waals surface area (Å²) in [5.74, 6) is -2.59. The quantitative estimate of drug-likeness (QED) is 0.149. The number of carbonyl (C=O) groups excluding carboxylic acids is 2. The molecule has 2 heterocycles. The Bertz CT molecular complexity index is 1320. The predicted molar refractivity (Wildman–Crippen MR) is 140 cm³/mol. The summed E-state index contributed by atoms with van der Waals surface area (Å²) in [5.41, 5.74) is 0.699. The van der Waals surface area contributed by atoms with Crippen LogP contribution in [0.1, 0.15) is 40.1 Å². The fraction of sp³-hybridized carbons (Fsp3) is 0. The first-order valence-corrected chi connectivity index (χ1v) is 12.0. The first-order chi connectivity index (χ1) is 17.4. The number of carbonyl (C=O) groups is 4. The van der Waals surface area contributed by atoms with E-state index < -0.39 is 11.9 Å². The third-order valence-corrected chi connectivity index (χ3v) is 6.21. The van der Waals surface area contributed by atoms with Crippen molar-refractivity contribution >= 4 is 70.0 Å². The normalized spacial score (nSPS) is 10.4. The number of carboxylic acids is 2. The molecule has 2 aromatic heterocycles. The minimum absolute atomic E-state index is 0. The molecule has 0 spiro atoms. The van der Waals surface area contributed by atoms with E-state index in [0.717, 1.165) is 12.4 Å². The van der Waals surface area contributed by atoms with E-state index in [-0.39, 0.29) is 50.6 Å². The van der Waals surface area contributed by atoms with Gasteiger partial charge in [-0.1, -0.05) is 36.4 Å². The molecule has 2 aromatic carbocycles. The van der Waals surface area contributed by atoms with E-state index in [9.17, 15) is 19.2 Å². The molecule has 4 aromatic rings. The summed E-state index contributed by atoms with van der Waals surface area (Å²) in [6.45, 7) is 0. The van der Waals surface area contributed by atoms with Crippen molar-refractivity contribution in [3.05, 3.63) is 104 Å². The maximum atomic E-state index is 11.7. The molecular weight excluding hydrogens is 559 g/mol. The van der Waals surface area contributed by atoms with Crippen LogP contribution in [0.3, 0.4) is 0 Å². The molecule has 0 amide bonds. The summed E-state index contributed by atoms with van der Waals surface area (Å²) in [6, 6.07) is 19.5. The predicted octanol–water partition coefficient (Wildman–Crippen LogP) is 6.06. The van der Waals surface area contributed by atoms with Gasteiger partial charge in [0.25, 0.3) is 0 Å². The molecule has 190 valence electrons. The van der Waals surface area contributed by atoms with Gasteiger partial charge >= 0.3 is 11.9 Å². The maximum absolute atomic E-state index is 11.7. The smallest absolute Gasteiger partial charge is 0.337 e. The summed E-state index contributed by atoms with van der Waals surface area (Å²) < 4.78 is 0. The van der Waals surface area contributed by atoms with Crippen LogP contribution >= 0.6 is 22.7 Å². The minimum atomic E-state index is -1.06. The second kappa shape index (κ2) is 14.5. The van der Waals surface area contributed by atoms with E-state index in [1.807, 2.05) is 0 Å². The second-order valence-corrected chi connectivity index (χ2v) is 8.74. The van der Waals surface area contributed by atoms with Crippen molar-refractivity contribution < 1.29 is 45.9 Å². The largest absolute Gasteiger partial charge is 0.478 e. The van der Waals surface area contributed by atoms with Crippen LogP contribution in [0, 0.1) is 0 Å². The zero-order chi connectivity index (χ0) is 25.9. The molecule has 0 radical (unpaired) electrons. The van der Waals surface area contributed by atoms with E-state index in [1.54, 1.807) is 71.4 Å². The molecular formula is C26H18N2NiO6S2. The summed E-state index contributed by atoms with van der Waals surface area (Å²) in [6.07, 6.45) is 2.29. The second-order valence-electron chi connectivity index (χ2n) is 6.84. The van der Waals surface area contributed by atoms with Crippen molar-refractivity contribution in [2.45, 2.75) is 0 Å². The van der Waals surface area contributed by atoms with Gasteiger partial charge in [-0.3, -0.25) is 19.6 Å². The van der Waals surface area contributed by atoms with Crippen LogP contribution < -0.4 is 0 Å². The molecule has 0 atom stereocenters. The summed E-state index contributed by atoms with van der Waals surface area (Å²) in [5, 5.41) is 21.5. The molecule has 4 rings (SSSR count). The molecule has 2 N–H and O–H groups in total. The molecule has 37 heavy (non-hydrogen) atoms. The van der Waals surface area contributed by atoms with Crippen molar-refractivity contribution in [1.29, 1.82) is 0 Å². The summed E-state index contributed by atoms with van der Waals surface area (Å²) >= 11 is 2.64. The molecule has 0 saturated carbocycles. The van der Waals surface area contributed by atoms with E-state index in [2.05, 4.69) is 9.98 Å². The first-order valence-electron chi connectivity index (χ1n) is 10.2. The SMILES string of the molecule is O=C(C=Nc1ccccc1C(=O)O)c1cccs1.O=C(C=Nc1ccccc1C(=O)O)c1cccs1.[Ni]. The van der Waals surface area contributed by atoms with Crippen molar-refractivity contribution in [1.82, 2.24) is 0 Å². The number of Topliss-reactive ketones (excluding diaryl/α,β-unsaturated/α-hetero) is 2. The monoisotopic (exact) mass is 576 g/mol. The molecule has 0 bridgehead atoms. The number of benzene rings is 2. The van der Waals surface area contributed by atoms with Crippen LogP contribution in [-0.2, 0) is 16.5 Å². The number of hydrogen-bond donors (Lipinski definition) is 2. The van der Waals surface area contributed by atoms with Gasteiger partial charge in [-0.15, -0.1) is 22.7 Å². The average molecular weight is 577 g/mol. The third kappa shape index (κ3) is 8.54. The fourth-order valence-electron chi connectivity index (χ4n) is 2.76. The molecule has 11 heteroatoms. The van der Waals surface area contributed by atoms with Crippen LogP contribution in [0.25, 0.3) is 0 Å². The number of nitrogens with zero attached hydrogens (tertiary/aromatic N) is 2. The Kier molecular flexibility index (Phi) is 11.4. The van der Waals surface area contributed by atoms with E-state index in [4.69, 9.17) is 10.2 Å². The molecule has 0 saturated heterocycles. The van der Waals surface area contributed by atoms with Crippen molar-refractivity contribution in [2.75, 3.05) is 0 Å². The van der Waals surface area contributed by atoms with Crippen LogP contribution in [0.4, 0.5) is 11.4 Å². The number of aliphatic imine (C=N–C) groups is 2. The van der Waals surface area contributed by atoms with Crippen LogP contribution in [-0.4, -0.2) is 46.1 Å². The standard InChI is InChI=1S/2C13H9NO3S.Ni/c2*15-11(12-6-3-7-18-12)8-14-10-5-2-1-4-9(10)13(16)17;/h2*1-8H,(H,16,17);. The number of rotatable bonds is 8. The molecule has 0 aliphatic carbocycles. The number of carboxylic acid groups (broad SMARTS) is 2. The molecule has 0 aliphatic rings. The zero-order valence-electron chi connectivity index (χ0n) is 18.8. The maximum Gasteiger partial charge on any atom is 0.337 e. The number of ketones is 2. The van der Waals surface area contributed by atoms with Gasteiger partial charge in [0.05, 0.1) is 44.7 Å². The van der Waals surface area contributed by atoms with Gasteiger partial charge in [-0.05, 0) is 47.2 Å². The Morgan fingerprint density at radius 2 is 0.973 bits per heavy atom. The van der Waals surface area contributed by atoms with Gasteiger partial charge in [0.1, 0.15) is 0 Å². The van der Waals surface area contributed by atoms with Gasteiger partial charge in [-0.2, -0.15) is 0 Å². The van der Waals surface area contributed by atoms with Gasteiger partial charge in [0, 0.05) is 16.5 Å². The Hall–Kier alpha value is -4.05. The molecule has 8 nitrogen and oxygen atoms in total. The Balaban J connectivity index is 0.000000253. The van der Waals surface area contributed by atoms with Gasteiger partial charge in [0.2, 0.25) is 11.6 Å². The van der Waals surface area contributed by atoms with Crippen LogP contribution in [0.15, 0.2) is 93.5 Å². The minimum Gasteiger partial charge on any atom is -0.478 e. The number of aromatic carboxylic acids is 2. The fourth-order valence-corrected chi connectivity index (χ4v) is 4.01. The average Bonchev–Trinajstić information content (AvgIpc) is 3.61. The number of hydrogen-bond acceptors (Lipinski definition) is 8. The Morgan fingerprint density at radius 3 is 1.30 bits per heavy atom. The van der Waals surface area contributed by atoms with E-state index in [0.29, 0.717) is 9.75 Å². The van der Waals surface area contributed by atoms with Crippen LogP contribution in [0.5, 0.6) is 0 Å². The Morgan fingerprint density at radius 1 is 0.595 bits per heavy atom. The van der Waals surface area contributed by atoms with E-state index in [1.165, 1.54) is 34.8 Å². The van der Waals surface area contributed by atoms with Gasteiger partial charge < -0.3 is 10.2 Å². The summed E-state index contributed by atoms with van der Waals surface area (Å²) in [4.78, 5) is 54.2. The van der Waals surface area contributed by atoms with Crippen molar-refractivity contribution in [2.24, 2.45) is 9.98 Å². The van der Waals surface area contributed by atoms with Crippen molar-refractivity contribution in [3.63, 3.8) is 0 Å². The third-order valence-electron chi connectivity index (χ3n) is 4.44. The van der Waals surface area contributed by atoms with Crippen LogP contribution in [0.2, 0.25) is 0 Å². The topological polar surface area (TPSA) is 133 Å². The van der Waals surface area contributed by atoms with Gasteiger partial charge in [0.15, 0.2) is 0 Å². The van der Waals surface area contributed by atoms with Gasteiger partial charge in [-0.25, -0.2) is 9.59 Å². The number of para-hydroxylation sites is 2. The van der Waals surface area contributed by atoms with E-state index >= 15 is 0 Å². The first kappa shape index (κ1) is 29.2. The zero-order valence-corrected chi connectivity index (χ0v) is 21.4.